The Balaban J connectivity index is 2.78. The van der Waals surface area contributed by atoms with Crippen LogP contribution in [0.2, 0.25) is 0 Å². The van der Waals surface area contributed by atoms with Crippen molar-refractivity contribution >= 4 is 11.8 Å². The van der Waals surface area contributed by atoms with E-state index in [9.17, 15) is 0 Å². The maximum Gasteiger partial charge on any atom is 0.0110 e. The average Bonchev–Trinajstić information content (AvgIpc) is 1.69. The molecule has 0 heterocycles. The van der Waals surface area contributed by atoms with Crippen molar-refractivity contribution in [3.05, 3.63) is 12.2 Å². The molecule has 0 nitrogen and oxygen atoms in total. The fourth-order valence-electron chi connectivity index (χ4n) is 0.331. The van der Waals surface area contributed by atoms with Gasteiger partial charge in [-0.1, -0.05) is 19.1 Å². The molecule has 7 heavy (non-hydrogen) atoms. The van der Waals surface area contributed by atoms with Gasteiger partial charge in [-0.25, -0.2) is 0 Å². The van der Waals surface area contributed by atoms with E-state index in [0.717, 1.165) is 5.75 Å². The number of thioether (sulfide) groups is 1. The Labute approximate surface area is 50.0 Å². The van der Waals surface area contributed by atoms with Crippen molar-refractivity contribution in [2.45, 2.75) is 13.3 Å². The SMILES string of the molecule is CCC=CCSC. The van der Waals surface area contributed by atoms with Crippen LogP contribution < -0.4 is 0 Å². The molecule has 0 radical (unpaired) electrons. The van der Waals surface area contributed by atoms with Crippen LogP contribution >= 0.6 is 11.8 Å². The second-order valence-corrected chi connectivity index (χ2v) is 2.25. The van der Waals surface area contributed by atoms with Gasteiger partial charge in [0, 0.05) is 5.75 Å². The first kappa shape index (κ1) is 7.09. The van der Waals surface area contributed by atoms with Gasteiger partial charge < -0.3 is 0 Å². The maximum absolute atomic E-state index is 2.20. The highest BCUT2D eigenvalue weighted by molar-refractivity contribution is 7.98. The Hall–Kier alpha value is 0.0900. The normalized spacial score (nSPS) is 10.6. The van der Waals surface area contributed by atoms with Crippen molar-refractivity contribution in [3.63, 3.8) is 0 Å². The molecule has 1 heteroatoms. The van der Waals surface area contributed by atoms with Crippen molar-refractivity contribution in [3.8, 4) is 0 Å². The van der Waals surface area contributed by atoms with Crippen molar-refractivity contribution in [1.29, 1.82) is 0 Å². The minimum absolute atomic E-state index is 1.16. The summed E-state index contributed by atoms with van der Waals surface area (Å²) in [4.78, 5) is 0. The van der Waals surface area contributed by atoms with Gasteiger partial charge in [-0.05, 0) is 12.7 Å². The van der Waals surface area contributed by atoms with Crippen molar-refractivity contribution in [2.24, 2.45) is 0 Å². The summed E-state index contributed by atoms with van der Waals surface area (Å²) in [6.07, 6.45) is 7.67. The lowest BCUT2D eigenvalue weighted by Gasteiger charge is -1.80. The molecule has 0 fully saturated rings. The van der Waals surface area contributed by atoms with Crippen LogP contribution in [0.5, 0.6) is 0 Å². The van der Waals surface area contributed by atoms with Gasteiger partial charge in [-0.2, -0.15) is 11.8 Å². The largest absolute Gasteiger partial charge is 0.161 e. The lowest BCUT2D eigenvalue weighted by molar-refractivity contribution is 1.22. The van der Waals surface area contributed by atoms with Gasteiger partial charge in [0.15, 0.2) is 0 Å². The van der Waals surface area contributed by atoms with E-state index in [2.05, 4.69) is 25.3 Å². The second-order valence-electron chi connectivity index (χ2n) is 1.33. The second kappa shape index (κ2) is 6.09. The molecule has 0 aromatic carbocycles. The fourth-order valence-corrected chi connectivity index (χ4v) is 0.659. The standard InChI is InChI=1S/C6H12S/c1-3-4-5-6-7-2/h4-5H,3,6H2,1-2H3. The van der Waals surface area contributed by atoms with E-state index in [4.69, 9.17) is 0 Å². The highest BCUT2D eigenvalue weighted by Crippen LogP contribution is 1.91. The molecule has 0 aromatic rings. The first-order valence-corrected chi connectivity index (χ1v) is 3.95. The Morgan fingerprint density at radius 3 is 2.57 bits per heavy atom. The van der Waals surface area contributed by atoms with E-state index in [1.54, 1.807) is 0 Å². The van der Waals surface area contributed by atoms with Gasteiger partial charge in [0.25, 0.3) is 0 Å². The predicted molar refractivity (Wildman–Crippen MR) is 37.8 cm³/mol. The van der Waals surface area contributed by atoms with Gasteiger partial charge >= 0.3 is 0 Å². The smallest absolute Gasteiger partial charge is 0.0110 e. The van der Waals surface area contributed by atoms with E-state index >= 15 is 0 Å². The molecule has 0 atom stereocenters. The summed E-state index contributed by atoms with van der Waals surface area (Å²) in [6, 6.07) is 0. The van der Waals surface area contributed by atoms with Gasteiger partial charge in [0.1, 0.15) is 0 Å². The molecule has 0 N–H and O–H groups in total. The number of hydrogen-bond acceptors (Lipinski definition) is 1. The monoisotopic (exact) mass is 116 g/mol. The van der Waals surface area contributed by atoms with Crippen molar-refractivity contribution in [1.82, 2.24) is 0 Å². The van der Waals surface area contributed by atoms with Gasteiger partial charge in [0.2, 0.25) is 0 Å². The lowest BCUT2D eigenvalue weighted by Crippen LogP contribution is -1.63. The summed E-state index contributed by atoms with van der Waals surface area (Å²) in [7, 11) is 0. The minimum Gasteiger partial charge on any atom is -0.161 e. The van der Waals surface area contributed by atoms with Crippen LogP contribution in [0.3, 0.4) is 0 Å². The average molecular weight is 116 g/mol. The molecule has 0 aliphatic rings. The van der Waals surface area contributed by atoms with Crippen LogP contribution in [0.4, 0.5) is 0 Å². The summed E-state index contributed by atoms with van der Waals surface area (Å²) in [5.41, 5.74) is 0. The van der Waals surface area contributed by atoms with E-state index < -0.39 is 0 Å². The Morgan fingerprint density at radius 1 is 1.43 bits per heavy atom. The molecule has 0 aliphatic heterocycles. The summed E-state index contributed by atoms with van der Waals surface area (Å²) >= 11 is 1.85. The van der Waals surface area contributed by atoms with E-state index in [1.807, 2.05) is 11.8 Å². The number of rotatable bonds is 3. The topological polar surface area (TPSA) is 0 Å². The van der Waals surface area contributed by atoms with Crippen LogP contribution in [0.1, 0.15) is 13.3 Å². The summed E-state index contributed by atoms with van der Waals surface area (Å²) in [5, 5.41) is 0. The van der Waals surface area contributed by atoms with E-state index in [0.29, 0.717) is 0 Å². The molecule has 0 amide bonds. The van der Waals surface area contributed by atoms with Crippen LogP contribution in [-0.4, -0.2) is 12.0 Å². The zero-order chi connectivity index (χ0) is 5.54. The first-order valence-electron chi connectivity index (χ1n) is 2.55. The van der Waals surface area contributed by atoms with Gasteiger partial charge in [-0.15, -0.1) is 0 Å². The van der Waals surface area contributed by atoms with Gasteiger partial charge in [-0.3, -0.25) is 0 Å². The minimum atomic E-state index is 1.16. The van der Waals surface area contributed by atoms with E-state index in [1.165, 1.54) is 6.42 Å². The lowest BCUT2D eigenvalue weighted by atomic mass is 10.4. The molecular formula is C6H12S. The zero-order valence-corrected chi connectivity index (χ0v) is 5.79. The summed E-state index contributed by atoms with van der Waals surface area (Å²) < 4.78 is 0. The third-order valence-corrected chi connectivity index (χ3v) is 1.19. The Bertz CT molecular complexity index is 48.1. The maximum atomic E-state index is 2.20. The molecule has 0 aromatic heterocycles. The van der Waals surface area contributed by atoms with Crippen LogP contribution in [0, 0.1) is 0 Å². The summed E-state index contributed by atoms with van der Waals surface area (Å²) in [5.74, 6) is 1.16. The third-order valence-electron chi connectivity index (χ3n) is 0.665. The highest BCUT2D eigenvalue weighted by atomic mass is 32.2. The molecule has 42 valence electrons. The molecule has 0 saturated heterocycles. The third kappa shape index (κ3) is 6.09. The molecular weight excluding hydrogens is 104 g/mol. The molecule has 0 bridgehead atoms. The molecule has 0 rings (SSSR count). The number of allylic oxidation sites excluding steroid dienone is 1. The Kier molecular flexibility index (Phi) is 6.17. The first-order chi connectivity index (χ1) is 3.41. The van der Waals surface area contributed by atoms with Crippen LogP contribution in [0.25, 0.3) is 0 Å². The van der Waals surface area contributed by atoms with Gasteiger partial charge in [0.05, 0.1) is 0 Å². The molecule has 0 unspecified atom stereocenters. The zero-order valence-electron chi connectivity index (χ0n) is 4.98. The quantitative estimate of drug-likeness (QED) is 0.510. The predicted octanol–water partition coefficient (Wildman–Crippen LogP) is 2.32. The Morgan fingerprint density at radius 2 is 2.14 bits per heavy atom. The highest BCUT2D eigenvalue weighted by Gasteiger charge is 1.67. The van der Waals surface area contributed by atoms with Crippen LogP contribution in [-0.2, 0) is 0 Å². The fraction of sp³-hybridized carbons (Fsp3) is 0.667. The molecule has 0 saturated carbocycles. The van der Waals surface area contributed by atoms with Crippen molar-refractivity contribution in [2.75, 3.05) is 12.0 Å². The van der Waals surface area contributed by atoms with E-state index in [-0.39, 0.29) is 0 Å². The molecule has 0 spiro atoms. The molecule has 0 aliphatic carbocycles. The summed E-state index contributed by atoms with van der Waals surface area (Å²) in [6.45, 7) is 2.15. The number of hydrogen-bond donors (Lipinski definition) is 0. The van der Waals surface area contributed by atoms with Crippen molar-refractivity contribution < 1.29 is 0 Å². The van der Waals surface area contributed by atoms with Crippen LogP contribution in [0.15, 0.2) is 12.2 Å².